The minimum Gasteiger partial charge on any atom is -0.383 e. The first-order valence-corrected chi connectivity index (χ1v) is 17.9. The van der Waals surface area contributed by atoms with Crippen LogP contribution in [0, 0.1) is 17.8 Å². The summed E-state index contributed by atoms with van der Waals surface area (Å²) in [6.07, 6.45) is 14.7. The number of fused-ring (bicyclic) bond motifs is 2. The lowest BCUT2D eigenvalue weighted by atomic mass is 9.82. The van der Waals surface area contributed by atoms with Crippen LogP contribution in [0.2, 0.25) is 0 Å². The second-order valence-corrected chi connectivity index (χ2v) is 15.0. The van der Waals surface area contributed by atoms with Crippen molar-refractivity contribution in [2.75, 3.05) is 81.0 Å². The predicted octanol–water partition coefficient (Wildman–Crippen LogP) is 2.87. The van der Waals surface area contributed by atoms with Gasteiger partial charge in [0.05, 0.1) is 6.16 Å². The van der Waals surface area contributed by atoms with Gasteiger partial charge in [-0.3, -0.25) is 9.46 Å². The van der Waals surface area contributed by atoms with Crippen LogP contribution in [0.3, 0.4) is 0 Å². The van der Waals surface area contributed by atoms with E-state index in [9.17, 15) is 4.57 Å². The van der Waals surface area contributed by atoms with Gasteiger partial charge in [-0.05, 0) is 95.2 Å². The lowest BCUT2D eigenvalue weighted by Gasteiger charge is -2.35. The van der Waals surface area contributed by atoms with Gasteiger partial charge in [-0.2, -0.15) is 9.97 Å². The molecule has 2 bridgehead atoms. The van der Waals surface area contributed by atoms with Crippen molar-refractivity contribution in [1.29, 1.82) is 0 Å². The molecule has 1 aromatic heterocycles. The summed E-state index contributed by atoms with van der Waals surface area (Å²) >= 11 is 0. The third kappa shape index (κ3) is 9.50. The van der Waals surface area contributed by atoms with E-state index in [0.717, 1.165) is 70.0 Å². The summed E-state index contributed by atoms with van der Waals surface area (Å²) in [6, 6.07) is 1.81. The average molecular weight is 593 g/mol. The molecule has 2 heterocycles. The number of nitrogens with one attached hydrogen (secondary N) is 3. The summed E-state index contributed by atoms with van der Waals surface area (Å²) < 4.78 is 11.2. The molecule has 4 aliphatic rings. The van der Waals surface area contributed by atoms with Crippen LogP contribution in [-0.4, -0.2) is 95.3 Å². The molecule has 0 radical (unpaired) electrons. The Hall–Kier alpha value is -1.49. The molecule has 5 rings (SSSR count). The molecule has 7 N–H and O–H groups in total. The van der Waals surface area contributed by atoms with E-state index in [-0.39, 0.29) is 6.16 Å². The van der Waals surface area contributed by atoms with E-state index in [1.165, 1.54) is 70.6 Å². The van der Waals surface area contributed by atoms with E-state index in [1.54, 1.807) is 0 Å². The van der Waals surface area contributed by atoms with E-state index in [2.05, 4.69) is 30.7 Å². The summed E-state index contributed by atoms with van der Waals surface area (Å²) in [6.45, 7) is 7.65. The summed E-state index contributed by atoms with van der Waals surface area (Å²) in [5, 5.41) is 11.1. The van der Waals surface area contributed by atoms with Crippen molar-refractivity contribution in [2.45, 2.75) is 76.2 Å². The zero-order valence-corrected chi connectivity index (χ0v) is 25.7. The summed E-state index contributed by atoms with van der Waals surface area (Å²) in [4.78, 5) is 31.7. The highest BCUT2D eigenvalue weighted by molar-refractivity contribution is 7.51. The van der Waals surface area contributed by atoms with Crippen molar-refractivity contribution in [1.82, 2.24) is 25.5 Å². The zero-order chi connectivity index (χ0) is 28.7. The minimum atomic E-state index is -3.96. The predicted molar refractivity (Wildman–Crippen MR) is 165 cm³/mol. The molecule has 11 nitrogen and oxygen atoms in total. The SMILES string of the molecule is Nc1cc(N2CCN(CCP(=O)(O)O)CC2)nc(NCC2CCC(CNCCCNC34CCCC(CC3)C4)CC2)n1. The fraction of sp³-hybridized carbons (Fsp3) is 0.862. The van der Waals surface area contributed by atoms with E-state index in [4.69, 9.17) is 20.5 Å². The molecule has 0 aromatic carbocycles. The van der Waals surface area contributed by atoms with E-state index in [1.807, 2.05) is 6.07 Å². The molecule has 1 aromatic rings. The molecule has 1 saturated heterocycles. The minimum absolute atomic E-state index is 0.0987. The molecule has 3 saturated carbocycles. The highest BCUT2D eigenvalue weighted by Crippen LogP contribution is 2.45. The molecular weight excluding hydrogens is 539 g/mol. The van der Waals surface area contributed by atoms with Gasteiger partial charge in [0.1, 0.15) is 11.6 Å². The van der Waals surface area contributed by atoms with Crippen LogP contribution in [0.25, 0.3) is 0 Å². The summed E-state index contributed by atoms with van der Waals surface area (Å²) in [7, 11) is -3.96. The molecule has 4 fully saturated rings. The Kier molecular flexibility index (Phi) is 10.8. The lowest BCUT2D eigenvalue weighted by molar-refractivity contribution is 0.246. The number of hydrogen-bond acceptors (Lipinski definition) is 9. The van der Waals surface area contributed by atoms with Crippen molar-refractivity contribution in [3.05, 3.63) is 6.07 Å². The lowest BCUT2D eigenvalue weighted by Crippen LogP contribution is -2.47. The maximum Gasteiger partial charge on any atom is 0.326 e. The Morgan fingerprint density at radius 2 is 1.73 bits per heavy atom. The van der Waals surface area contributed by atoms with Gasteiger partial charge in [-0.15, -0.1) is 0 Å². The van der Waals surface area contributed by atoms with Crippen molar-refractivity contribution < 1.29 is 14.4 Å². The number of anilines is 3. The number of piperazine rings is 1. The zero-order valence-electron chi connectivity index (χ0n) is 24.8. The molecule has 2 unspecified atom stereocenters. The van der Waals surface area contributed by atoms with Gasteiger partial charge in [0.2, 0.25) is 5.95 Å². The highest BCUT2D eigenvalue weighted by Gasteiger charge is 2.41. The van der Waals surface area contributed by atoms with Crippen LogP contribution in [-0.2, 0) is 4.57 Å². The van der Waals surface area contributed by atoms with Crippen LogP contribution in [0.4, 0.5) is 17.6 Å². The van der Waals surface area contributed by atoms with Gasteiger partial charge in [-0.25, -0.2) is 0 Å². The Morgan fingerprint density at radius 3 is 2.49 bits per heavy atom. The van der Waals surface area contributed by atoms with Gasteiger partial charge in [0.25, 0.3) is 0 Å². The van der Waals surface area contributed by atoms with Crippen molar-refractivity contribution in [3.63, 3.8) is 0 Å². The molecule has 12 heteroatoms. The number of nitrogens with zero attached hydrogens (tertiary/aromatic N) is 4. The van der Waals surface area contributed by atoms with Crippen LogP contribution in [0.15, 0.2) is 6.07 Å². The smallest absolute Gasteiger partial charge is 0.326 e. The number of nitrogens with two attached hydrogens (primary N) is 1. The molecule has 41 heavy (non-hydrogen) atoms. The average Bonchev–Trinajstić information content (AvgIpc) is 3.25. The fourth-order valence-corrected chi connectivity index (χ4v) is 8.15. The van der Waals surface area contributed by atoms with E-state index in [0.29, 0.717) is 29.8 Å². The van der Waals surface area contributed by atoms with Gasteiger partial charge >= 0.3 is 7.60 Å². The molecule has 0 spiro atoms. The Morgan fingerprint density at radius 1 is 0.976 bits per heavy atom. The van der Waals surface area contributed by atoms with Crippen LogP contribution in [0.5, 0.6) is 0 Å². The van der Waals surface area contributed by atoms with Gasteiger partial charge in [0, 0.05) is 50.9 Å². The first kappa shape index (κ1) is 31.0. The molecular formula is C29H53N8O3P. The van der Waals surface area contributed by atoms with Crippen molar-refractivity contribution in [3.8, 4) is 0 Å². The second-order valence-electron chi connectivity index (χ2n) is 13.2. The normalized spacial score (nSPS) is 29.1. The Balaban J connectivity index is 0.947. The molecule has 2 atom stereocenters. The van der Waals surface area contributed by atoms with Gasteiger partial charge < -0.3 is 36.4 Å². The molecule has 232 valence electrons. The number of aromatic nitrogens is 2. The molecule has 1 aliphatic heterocycles. The monoisotopic (exact) mass is 592 g/mol. The largest absolute Gasteiger partial charge is 0.383 e. The Bertz CT molecular complexity index is 1010. The van der Waals surface area contributed by atoms with Crippen LogP contribution >= 0.6 is 7.60 Å². The number of hydrogen-bond donors (Lipinski definition) is 6. The maximum atomic E-state index is 11.2. The molecule has 0 amide bonds. The third-order valence-corrected chi connectivity index (χ3v) is 10.9. The van der Waals surface area contributed by atoms with Crippen molar-refractivity contribution in [2.24, 2.45) is 17.8 Å². The van der Waals surface area contributed by atoms with Gasteiger partial charge in [0.15, 0.2) is 0 Å². The van der Waals surface area contributed by atoms with Crippen LogP contribution in [0.1, 0.15) is 70.6 Å². The first-order valence-electron chi connectivity index (χ1n) is 16.1. The second kappa shape index (κ2) is 14.3. The summed E-state index contributed by atoms with van der Waals surface area (Å²) in [5.41, 5.74) is 6.61. The quantitative estimate of drug-likeness (QED) is 0.140. The summed E-state index contributed by atoms with van der Waals surface area (Å²) in [5.74, 6) is 4.26. The first-order chi connectivity index (χ1) is 19.8. The third-order valence-electron chi connectivity index (χ3n) is 10.1. The van der Waals surface area contributed by atoms with E-state index >= 15 is 0 Å². The number of rotatable bonds is 14. The van der Waals surface area contributed by atoms with Crippen LogP contribution < -0.4 is 26.6 Å². The standard InChI is InChI=1S/C29H53N8O3P/c30-26-19-27(37-15-13-36(14-16-37)17-18-41(38,39)40)35-28(34-26)32-22-25-6-4-24(5-7-25)21-31-11-2-12-33-29-9-1-3-23(20-29)8-10-29/h19,23-25,31,33H,1-18,20-22H2,(H2,38,39,40)(H3,30,32,34,35). The maximum absolute atomic E-state index is 11.2. The van der Waals surface area contributed by atoms with Gasteiger partial charge in [-0.1, -0.05) is 12.8 Å². The van der Waals surface area contributed by atoms with E-state index < -0.39 is 7.60 Å². The molecule has 3 aliphatic carbocycles. The van der Waals surface area contributed by atoms with Crippen molar-refractivity contribution >= 4 is 25.2 Å². The topological polar surface area (TPSA) is 152 Å². The fourth-order valence-electron chi connectivity index (χ4n) is 7.60. The number of nitrogen functional groups attached to an aromatic ring is 1. The Labute approximate surface area is 246 Å². The highest BCUT2D eigenvalue weighted by atomic mass is 31.2.